The number of hydrogen-bond acceptors (Lipinski definition) is 3. The first-order chi connectivity index (χ1) is 8.08. The molecule has 1 rings (SSSR count). The topological polar surface area (TPSA) is 27.7 Å². The van der Waals surface area contributed by atoms with E-state index in [0.717, 1.165) is 12.5 Å². The fourth-order valence-corrected chi connectivity index (χ4v) is 3.61. The van der Waals surface area contributed by atoms with E-state index in [0.29, 0.717) is 0 Å². The van der Waals surface area contributed by atoms with Crippen molar-refractivity contribution in [3.8, 4) is 0 Å². The van der Waals surface area contributed by atoms with Crippen LogP contribution < -0.4 is 0 Å². The lowest BCUT2D eigenvalue weighted by Crippen LogP contribution is -2.43. The van der Waals surface area contributed by atoms with Crippen LogP contribution in [-0.2, 0) is 19.7 Å². The van der Waals surface area contributed by atoms with E-state index in [-0.39, 0.29) is 0 Å². The first-order valence-corrected chi connectivity index (χ1v) is 7.72. The number of benzene rings is 1. The summed E-state index contributed by atoms with van der Waals surface area (Å²) in [5, 5.41) is 0. The van der Waals surface area contributed by atoms with Crippen molar-refractivity contribution in [2.75, 3.05) is 21.3 Å². The molecule has 0 bridgehead atoms. The van der Waals surface area contributed by atoms with Gasteiger partial charge in [-0.15, -0.1) is 0 Å². The summed E-state index contributed by atoms with van der Waals surface area (Å²) in [5.41, 5.74) is 4.01. The van der Waals surface area contributed by atoms with Crippen LogP contribution in [0.3, 0.4) is 0 Å². The van der Waals surface area contributed by atoms with Crippen molar-refractivity contribution < 1.29 is 13.3 Å². The monoisotopic (exact) mass is 254 g/mol. The Morgan fingerprint density at radius 3 is 2.12 bits per heavy atom. The Hall–Kier alpha value is -0.683. The lowest BCUT2D eigenvalue weighted by atomic mass is 10.0. The molecule has 0 aliphatic heterocycles. The van der Waals surface area contributed by atoms with Gasteiger partial charge in [0, 0.05) is 27.4 Å². The summed E-state index contributed by atoms with van der Waals surface area (Å²) in [5.74, 6) is 0. The minimum atomic E-state index is -2.44. The molecule has 0 N–H and O–H groups in total. The molecule has 0 saturated heterocycles. The second kappa shape index (κ2) is 6.30. The SMILES string of the molecule is CO[Si](CCc1cccc(C)c1C)(OC)OC. The maximum Gasteiger partial charge on any atom is 0.500 e. The van der Waals surface area contributed by atoms with E-state index >= 15 is 0 Å². The van der Waals surface area contributed by atoms with Crippen LogP contribution in [0.2, 0.25) is 6.04 Å². The normalized spacial score (nSPS) is 11.8. The van der Waals surface area contributed by atoms with Gasteiger partial charge in [-0.3, -0.25) is 0 Å². The lowest BCUT2D eigenvalue weighted by molar-refractivity contribution is 0.123. The van der Waals surface area contributed by atoms with E-state index < -0.39 is 8.80 Å². The second-order valence-electron chi connectivity index (χ2n) is 4.15. The average Bonchev–Trinajstić information content (AvgIpc) is 2.36. The van der Waals surface area contributed by atoms with Crippen LogP contribution in [0.1, 0.15) is 16.7 Å². The summed E-state index contributed by atoms with van der Waals surface area (Å²) < 4.78 is 16.3. The second-order valence-corrected chi connectivity index (χ2v) is 7.25. The Morgan fingerprint density at radius 1 is 1.00 bits per heavy atom. The Morgan fingerprint density at radius 2 is 1.59 bits per heavy atom. The number of hydrogen-bond donors (Lipinski definition) is 0. The third kappa shape index (κ3) is 3.39. The van der Waals surface area contributed by atoms with Crippen molar-refractivity contribution in [3.63, 3.8) is 0 Å². The maximum atomic E-state index is 5.42. The van der Waals surface area contributed by atoms with Crippen molar-refractivity contribution in [1.82, 2.24) is 0 Å². The molecule has 0 spiro atoms. The molecule has 1 aromatic rings. The zero-order chi connectivity index (χ0) is 12.9. The highest BCUT2D eigenvalue weighted by Crippen LogP contribution is 2.20. The maximum absolute atomic E-state index is 5.42. The van der Waals surface area contributed by atoms with Crippen LogP contribution in [0.15, 0.2) is 18.2 Å². The van der Waals surface area contributed by atoms with Gasteiger partial charge in [-0.25, -0.2) is 0 Å². The van der Waals surface area contributed by atoms with Gasteiger partial charge in [0.2, 0.25) is 0 Å². The third-order valence-corrected chi connectivity index (χ3v) is 6.08. The molecule has 0 aliphatic carbocycles. The van der Waals surface area contributed by atoms with Crippen LogP contribution in [-0.4, -0.2) is 30.1 Å². The minimum absolute atomic E-state index is 0.806. The zero-order valence-electron chi connectivity index (χ0n) is 11.4. The molecule has 0 heterocycles. The Bertz CT molecular complexity index is 353. The molecular weight excluding hydrogens is 232 g/mol. The van der Waals surface area contributed by atoms with E-state index in [1.165, 1.54) is 16.7 Å². The van der Waals surface area contributed by atoms with E-state index in [4.69, 9.17) is 13.3 Å². The Labute approximate surface area is 105 Å². The van der Waals surface area contributed by atoms with Gasteiger partial charge < -0.3 is 13.3 Å². The number of aryl methyl sites for hydroxylation is 2. The van der Waals surface area contributed by atoms with Gasteiger partial charge in [-0.2, -0.15) is 0 Å². The molecule has 3 nitrogen and oxygen atoms in total. The molecule has 0 fully saturated rings. The van der Waals surface area contributed by atoms with Crippen molar-refractivity contribution in [2.45, 2.75) is 26.3 Å². The van der Waals surface area contributed by atoms with Gasteiger partial charge >= 0.3 is 8.80 Å². The van der Waals surface area contributed by atoms with Crippen LogP contribution in [0.4, 0.5) is 0 Å². The van der Waals surface area contributed by atoms with E-state index in [1.807, 2.05) is 0 Å². The molecule has 1 aromatic carbocycles. The molecule has 0 saturated carbocycles. The highest BCUT2D eigenvalue weighted by atomic mass is 28.4. The van der Waals surface area contributed by atoms with E-state index in [9.17, 15) is 0 Å². The van der Waals surface area contributed by atoms with Crippen LogP contribution in [0, 0.1) is 13.8 Å². The quantitative estimate of drug-likeness (QED) is 0.731. The van der Waals surface area contributed by atoms with Crippen LogP contribution >= 0.6 is 0 Å². The summed E-state index contributed by atoms with van der Waals surface area (Å²) in [4.78, 5) is 0. The Kier molecular flexibility index (Phi) is 5.33. The first kappa shape index (κ1) is 14.4. The van der Waals surface area contributed by atoms with Crippen LogP contribution in [0.25, 0.3) is 0 Å². The summed E-state index contributed by atoms with van der Waals surface area (Å²) in [6.07, 6.45) is 0.926. The molecule has 0 aromatic heterocycles. The van der Waals surface area contributed by atoms with Gasteiger partial charge in [-0.1, -0.05) is 18.2 Å². The summed E-state index contributed by atoms with van der Waals surface area (Å²) in [6.45, 7) is 4.28. The molecule has 0 unspecified atom stereocenters. The predicted molar refractivity (Wildman–Crippen MR) is 71.2 cm³/mol. The van der Waals surface area contributed by atoms with Crippen molar-refractivity contribution in [1.29, 1.82) is 0 Å². The van der Waals surface area contributed by atoms with Crippen molar-refractivity contribution >= 4 is 8.80 Å². The minimum Gasteiger partial charge on any atom is -0.377 e. The van der Waals surface area contributed by atoms with Gasteiger partial charge in [0.05, 0.1) is 0 Å². The molecule has 0 amide bonds. The van der Waals surface area contributed by atoms with Crippen molar-refractivity contribution in [2.24, 2.45) is 0 Å². The largest absolute Gasteiger partial charge is 0.500 e. The van der Waals surface area contributed by atoms with Gasteiger partial charge in [0.15, 0.2) is 0 Å². The van der Waals surface area contributed by atoms with Crippen molar-refractivity contribution in [3.05, 3.63) is 34.9 Å². The summed E-state index contributed by atoms with van der Waals surface area (Å²) in [6, 6.07) is 7.18. The summed E-state index contributed by atoms with van der Waals surface area (Å²) >= 11 is 0. The van der Waals surface area contributed by atoms with E-state index in [1.54, 1.807) is 21.3 Å². The fraction of sp³-hybridized carbons (Fsp3) is 0.538. The van der Waals surface area contributed by atoms with Gasteiger partial charge in [0.25, 0.3) is 0 Å². The molecule has 96 valence electrons. The predicted octanol–water partition coefficient (Wildman–Crippen LogP) is 2.72. The molecule has 4 heteroatoms. The highest BCUT2D eigenvalue weighted by molar-refractivity contribution is 6.60. The molecule has 0 aliphatic rings. The Balaban J connectivity index is 2.75. The fourth-order valence-electron chi connectivity index (χ4n) is 1.93. The first-order valence-electron chi connectivity index (χ1n) is 5.79. The molecular formula is C13H22O3Si. The molecule has 0 atom stereocenters. The summed E-state index contributed by atoms with van der Waals surface area (Å²) in [7, 11) is 2.52. The standard InChI is InChI=1S/C13H22O3Si/c1-11-7-6-8-13(12(11)2)9-10-17(14-3,15-4)16-5/h6-8H,9-10H2,1-5H3. The van der Waals surface area contributed by atoms with Crippen LogP contribution in [0.5, 0.6) is 0 Å². The average molecular weight is 254 g/mol. The lowest BCUT2D eigenvalue weighted by Gasteiger charge is -2.24. The molecule has 17 heavy (non-hydrogen) atoms. The molecule has 0 radical (unpaired) electrons. The van der Waals surface area contributed by atoms with E-state index in [2.05, 4.69) is 32.0 Å². The highest BCUT2D eigenvalue weighted by Gasteiger charge is 2.37. The smallest absolute Gasteiger partial charge is 0.377 e. The zero-order valence-corrected chi connectivity index (χ0v) is 12.4. The van der Waals surface area contributed by atoms with Gasteiger partial charge in [-0.05, 0) is 37.0 Å². The number of rotatable bonds is 6. The van der Waals surface area contributed by atoms with Gasteiger partial charge in [0.1, 0.15) is 0 Å². The third-order valence-electron chi connectivity index (χ3n) is 3.35.